The quantitative estimate of drug-likeness (QED) is 0.574. The predicted molar refractivity (Wildman–Crippen MR) is 79.9 cm³/mol. The molecule has 4 atom stereocenters. The second-order valence-corrected chi connectivity index (χ2v) is 6.48. The molecule has 5 N–H and O–H groups in total. The molecule has 124 valence electrons. The molecule has 3 aliphatic rings. The number of nitrogens with two attached hydrogens (primary N) is 1. The molecule has 1 aromatic carbocycles. The average Bonchev–Trinajstić information content (AvgIpc) is 3.27. The molecule has 8 nitrogen and oxygen atoms in total. The number of ether oxygens (including phenoxy) is 1. The second kappa shape index (κ2) is 4.73. The van der Waals surface area contributed by atoms with Gasteiger partial charge in [-0.1, -0.05) is 0 Å². The molecular formula is C15H19N3O5. The van der Waals surface area contributed by atoms with Crippen LogP contribution in [0.2, 0.25) is 0 Å². The van der Waals surface area contributed by atoms with Gasteiger partial charge in [-0.25, -0.2) is 4.79 Å². The number of carbonyl (C=O) groups excluding carboxylic acids is 1. The summed E-state index contributed by atoms with van der Waals surface area (Å²) < 4.78 is 5.03. The van der Waals surface area contributed by atoms with Crippen molar-refractivity contribution in [1.82, 2.24) is 5.32 Å². The molecule has 1 amide bonds. The van der Waals surface area contributed by atoms with E-state index in [0.717, 1.165) is 0 Å². The number of aliphatic hydroxyl groups excluding tert-OH is 1. The fourth-order valence-corrected chi connectivity index (χ4v) is 3.87. The van der Waals surface area contributed by atoms with Crippen LogP contribution in [0, 0.1) is 0 Å². The summed E-state index contributed by atoms with van der Waals surface area (Å²) in [5.74, 6) is -0.306. The lowest BCUT2D eigenvalue weighted by atomic mass is 9.76. The molecule has 4 rings (SSSR count). The van der Waals surface area contributed by atoms with Crippen LogP contribution in [0.5, 0.6) is 5.75 Å². The van der Waals surface area contributed by atoms with E-state index in [-0.39, 0.29) is 37.0 Å². The fraction of sp³-hybridized carbons (Fsp3) is 0.533. The smallest absolute Gasteiger partial charge is 0.404 e. The Morgan fingerprint density at radius 2 is 2.39 bits per heavy atom. The van der Waals surface area contributed by atoms with Crippen LogP contribution in [0.25, 0.3) is 0 Å². The monoisotopic (exact) mass is 321 g/mol. The lowest BCUT2D eigenvalue weighted by molar-refractivity contribution is -0.101. The molecule has 1 aromatic rings. The van der Waals surface area contributed by atoms with Gasteiger partial charge in [0.2, 0.25) is 0 Å². The summed E-state index contributed by atoms with van der Waals surface area (Å²) >= 11 is 0. The highest BCUT2D eigenvalue weighted by Gasteiger charge is 2.63. The molecule has 3 aliphatic heterocycles. The Bertz CT molecular complexity index is 681. The Labute approximate surface area is 132 Å². The van der Waals surface area contributed by atoms with Crippen LogP contribution in [0.3, 0.4) is 0 Å². The standard InChI is InChI=1S/C15H19N3O5/c1-15-8(6-22-14(16)21)12-10(2-7(5-19)3-11(12)20)18(23-15)4-9-13(15)17-9/h2-3,8-9,13,17,19-20H,4-6H2,1H3,(H2,16,21)/t8-,9-,13-,15?/m0/s1. The number of carbonyl (C=O) groups is 1. The number of amides is 1. The van der Waals surface area contributed by atoms with E-state index >= 15 is 0 Å². The zero-order valence-corrected chi connectivity index (χ0v) is 12.7. The number of aliphatic hydroxyl groups is 1. The van der Waals surface area contributed by atoms with E-state index in [1.807, 2.05) is 6.92 Å². The highest BCUT2D eigenvalue weighted by molar-refractivity contribution is 5.67. The highest BCUT2D eigenvalue weighted by atomic mass is 16.7. The third-order valence-corrected chi connectivity index (χ3v) is 5.05. The molecule has 2 saturated heterocycles. The minimum absolute atomic E-state index is 0.0175. The number of hydrogen-bond donors (Lipinski definition) is 4. The second-order valence-electron chi connectivity index (χ2n) is 6.48. The van der Waals surface area contributed by atoms with Crippen molar-refractivity contribution in [3.63, 3.8) is 0 Å². The number of hydrogen-bond acceptors (Lipinski definition) is 7. The number of hydroxylamine groups is 1. The molecule has 8 heteroatoms. The number of fused-ring (bicyclic) bond motifs is 6. The maximum absolute atomic E-state index is 11.0. The van der Waals surface area contributed by atoms with Crippen molar-refractivity contribution in [2.75, 3.05) is 18.2 Å². The van der Waals surface area contributed by atoms with Crippen LogP contribution in [-0.4, -0.2) is 47.1 Å². The van der Waals surface area contributed by atoms with Crippen LogP contribution in [0.1, 0.15) is 24.0 Å². The summed E-state index contributed by atoms with van der Waals surface area (Å²) in [7, 11) is 0. The van der Waals surface area contributed by atoms with Crippen molar-refractivity contribution >= 4 is 11.8 Å². The average molecular weight is 321 g/mol. The Kier molecular flexibility index (Phi) is 2.99. The molecule has 0 aliphatic carbocycles. The van der Waals surface area contributed by atoms with Crippen molar-refractivity contribution in [2.45, 2.75) is 37.1 Å². The van der Waals surface area contributed by atoms with Gasteiger partial charge < -0.3 is 26.0 Å². The van der Waals surface area contributed by atoms with E-state index in [1.54, 1.807) is 11.1 Å². The maximum atomic E-state index is 11.0. The lowest BCUT2D eigenvalue weighted by Crippen LogP contribution is -2.57. The fourth-order valence-electron chi connectivity index (χ4n) is 3.87. The number of primary amides is 1. The summed E-state index contributed by atoms with van der Waals surface area (Å²) in [4.78, 5) is 17.2. The molecule has 3 heterocycles. The van der Waals surface area contributed by atoms with Crippen LogP contribution < -0.4 is 16.1 Å². The number of phenols is 1. The van der Waals surface area contributed by atoms with Gasteiger partial charge >= 0.3 is 6.09 Å². The van der Waals surface area contributed by atoms with Gasteiger partial charge in [-0.2, -0.15) is 0 Å². The first-order chi connectivity index (χ1) is 10.9. The van der Waals surface area contributed by atoms with Crippen LogP contribution in [0.4, 0.5) is 10.5 Å². The minimum Gasteiger partial charge on any atom is -0.508 e. The van der Waals surface area contributed by atoms with Gasteiger partial charge in [-0.05, 0) is 24.6 Å². The van der Waals surface area contributed by atoms with Gasteiger partial charge in [0.15, 0.2) is 0 Å². The number of benzene rings is 1. The van der Waals surface area contributed by atoms with Gasteiger partial charge in [-0.3, -0.25) is 9.90 Å². The van der Waals surface area contributed by atoms with Crippen molar-refractivity contribution < 1.29 is 24.6 Å². The summed E-state index contributed by atoms with van der Waals surface area (Å²) in [6.07, 6.45) is -0.861. The Morgan fingerprint density at radius 1 is 1.61 bits per heavy atom. The first-order valence-electron chi connectivity index (χ1n) is 7.55. The van der Waals surface area contributed by atoms with Gasteiger partial charge in [0.1, 0.15) is 18.0 Å². The minimum atomic E-state index is -0.861. The largest absolute Gasteiger partial charge is 0.508 e. The normalized spacial score (nSPS) is 33.7. The van der Waals surface area contributed by atoms with E-state index in [9.17, 15) is 15.0 Å². The molecule has 2 fully saturated rings. The van der Waals surface area contributed by atoms with Gasteiger partial charge in [-0.15, -0.1) is 0 Å². The van der Waals surface area contributed by atoms with E-state index in [2.05, 4.69) is 5.32 Å². The van der Waals surface area contributed by atoms with Crippen LogP contribution in [0.15, 0.2) is 12.1 Å². The number of aromatic hydroxyl groups is 1. The van der Waals surface area contributed by atoms with Crippen LogP contribution >= 0.6 is 0 Å². The van der Waals surface area contributed by atoms with Crippen molar-refractivity contribution in [2.24, 2.45) is 5.73 Å². The zero-order chi connectivity index (χ0) is 16.4. The number of nitrogens with one attached hydrogen (secondary N) is 1. The number of anilines is 1. The summed E-state index contributed by atoms with van der Waals surface area (Å²) in [5.41, 5.74) is 6.40. The molecule has 0 radical (unpaired) electrons. The highest BCUT2D eigenvalue weighted by Crippen LogP contribution is 2.54. The maximum Gasteiger partial charge on any atom is 0.404 e. The Morgan fingerprint density at radius 3 is 3.09 bits per heavy atom. The van der Waals surface area contributed by atoms with E-state index in [0.29, 0.717) is 23.4 Å². The first kappa shape index (κ1) is 14.6. The zero-order valence-electron chi connectivity index (χ0n) is 12.7. The van der Waals surface area contributed by atoms with Crippen molar-refractivity contribution in [3.8, 4) is 5.75 Å². The lowest BCUT2D eigenvalue weighted by Gasteiger charge is -2.49. The van der Waals surface area contributed by atoms with E-state index in [4.69, 9.17) is 15.3 Å². The van der Waals surface area contributed by atoms with Crippen LogP contribution in [-0.2, 0) is 16.2 Å². The number of nitrogens with zero attached hydrogens (tertiary/aromatic N) is 1. The molecule has 23 heavy (non-hydrogen) atoms. The topological polar surface area (TPSA) is 127 Å². The SMILES string of the molecule is CC12ON(C[C@@H]3N[C@@H]31)c1cc(CO)cc(O)c1[C@@H]2COC(N)=O. The number of phenolic OH excluding ortho intramolecular Hbond substituents is 1. The van der Waals surface area contributed by atoms with Crippen molar-refractivity contribution in [1.29, 1.82) is 0 Å². The predicted octanol–water partition coefficient (Wildman–Crippen LogP) is -0.0723. The van der Waals surface area contributed by atoms with Gasteiger partial charge in [0.25, 0.3) is 0 Å². The summed E-state index contributed by atoms with van der Waals surface area (Å²) in [6, 6.07) is 3.73. The number of rotatable bonds is 3. The molecule has 0 aromatic heterocycles. The Balaban J connectivity index is 1.83. The molecule has 2 bridgehead atoms. The summed E-state index contributed by atoms with van der Waals surface area (Å²) in [6.45, 7) is 2.43. The molecular weight excluding hydrogens is 302 g/mol. The van der Waals surface area contributed by atoms with Gasteiger partial charge in [0.05, 0.1) is 30.8 Å². The molecule has 1 unspecified atom stereocenters. The van der Waals surface area contributed by atoms with E-state index < -0.39 is 11.7 Å². The molecule has 0 saturated carbocycles. The Hall–Kier alpha value is -2.03. The van der Waals surface area contributed by atoms with Gasteiger partial charge in [0, 0.05) is 11.6 Å². The first-order valence-corrected chi connectivity index (χ1v) is 7.55. The molecule has 0 spiro atoms. The third-order valence-electron chi connectivity index (χ3n) is 5.05. The van der Waals surface area contributed by atoms with Crippen molar-refractivity contribution in [3.05, 3.63) is 23.3 Å². The third kappa shape index (κ3) is 2.06. The van der Waals surface area contributed by atoms with E-state index in [1.165, 1.54) is 6.07 Å². The summed E-state index contributed by atoms with van der Waals surface area (Å²) in [5, 5.41) is 25.0.